The van der Waals surface area contributed by atoms with Crippen LogP contribution in [0.3, 0.4) is 0 Å². The van der Waals surface area contributed by atoms with E-state index in [1.165, 1.54) is 0 Å². The topological polar surface area (TPSA) is 59.6 Å². The van der Waals surface area contributed by atoms with Crippen LogP contribution in [0.15, 0.2) is 24.3 Å². The van der Waals surface area contributed by atoms with Crippen molar-refractivity contribution in [3.05, 3.63) is 24.3 Å². The van der Waals surface area contributed by atoms with Gasteiger partial charge in [0, 0.05) is 6.04 Å². The number of methoxy groups -OCH3 is 1. The molecule has 1 atom stereocenters. The smallest absolute Gasteiger partial charge is 0.315 e. The van der Waals surface area contributed by atoms with Crippen molar-refractivity contribution >= 4 is 6.03 Å². The zero-order valence-corrected chi connectivity index (χ0v) is 11.7. The summed E-state index contributed by atoms with van der Waals surface area (Å²) in [7, 11) is 1.62. The molecule has 5 heteroatoms. The summed E-state index contributed by atoms with van der Waals surface area (Å²) in [5.74, 6) is 1.54. The molecule has 1 rings (SSSR count). The van der Waals surface area contributed by atoms with Crippen molar-refractivity contribution in [1.29, 1.82) is 0 Å². The highest BCUT2D eigenvalue weighted by atomic mass is 16.5. The van der Waals surface area contributed by atoms with E-state index in [1.54, 1.807) is 7.11 Å². The Labute approximate surface area is 114 Å². The second-order valence-corrected chi connectivity index (χ2v) is 4.23. The summed E-state index contributed by atoms with van der Waals surface area (Å²) in [6.45, 7) is 4.89. The standard InChI is InChI=1S/C14H22N2O3/c1-4-11(2)16-14(17)15-9-10-19-13-7-5-12(18-3)6-8-13/h5-8,11H,4,9-10H2,1-3H3,(H2,15,16,17). The number of benzene rings is 1. The second kappa shape index (κ2) is 8.24. The molecule has 19 heavy (non-hydrogen) atoms. The van der Waals surface area contributed by atoms with Crippen molar-refractivity contribution in [2.24, 2.45) is 0 Å². The molecule has 0 spiro atoms. The highest BCUT2D eigenvalue weighted by Crippen LogP contribution is 2.16. The van der Waals surface area contributed by atoms with Crippen LogP contribution in [0.1, 0.15) is 20.3 Å². The monoisotopic (exact) mass is 266 g/mol. The number of hydrogen-bond acceptors (Lipinski definition) is 3. The fourth-order valence-corrected chi connectivity index (χ4v) is 1.38. The summed E-state index contributed by atoms with van der Waals surface area (Å²) in [6.07, 6.45) is 0.912. The zero-order valence-electron chi connectivity index (χ0n) is 11.7. The van der Waals surface area contributed by atoms with Crippen LogP contribution < -0.4 is 20.1 Å². The molecule has 2 amide bonds. The van der Waals surface area contributed by atoms with Crippen LogP contribution in [0.4, 0.5) is 4.79 Å². The number of carbonyl (C=O) groups excluding carboxylic acids is 1. The largest absolute Gasteiger partial charge is 0.497 e. The predicted molar refractivity (Wildman–Crippen MR) is 74.8 cm³/mol. The number of urea groups is 1. The Morgan fingerprint density at radius 3 is 2.47 bits per heavy atom. The number of hydrogen-bond donors (Lipinski definition) is 2. The maximum absolute atomic E-state index is 11.4. The molecular weight excluding hydrogens is 244 g/mol. The van der Waals surface area contributed by atoms with Gasteiger partial charge in [-0.25, -0.2) is 4.79 Å². The van der Waals surface area contributed by atoms with Crippen LogP contribution in [0, 0.1) is 0 Å². The number of nitrogens with one attached hydrogen (secondary N) is 2. The van der Waals surface area contributed by atoms with Gasteiger partial charge in [-0.1, -0.05) is 6.92 Å². The Morgan fingerprint density at radius 2 is 1.89 bits per heavy atom. The van der Waals surface area contributed by atoms with Crippen LogP contribution >= 0.6 is 0 Å². The van der Waals surface area contributed by atoms with E-state index in [0.29, 0.717) is 13.2 Å². The zero-order chi connectivity index (χ0) is 14.1. The molecule has 0 aliphatic rings. The summed E-state index contributed by atoms with van der Waals surface area (Å²) in [6, 6.07) is 7.35. The lowest BCUT2D eigenvalue weighted by atomic mass is 10.3. The quantitative estimate of drug-likeness (QED) is 0.744. The minimum absolute atomic E-state index is 0.160. The average Bonchev–Trinajstić information content (AvgIpc) is 2.44. The van der Waals surface area contributed by atoms with Crippen molar-refractivity contribution in [3.63, 3.8) is 0 Å². The Balaban J connectivity index is 2.17. The van der Waals surface area contributed by atoms with Gasteiger partial charge >= 0.3 is 6.03 Å². The first-order chi connectivity index (χ1) is 9.15. The molecule has 1 unspecified atom stereocenters. The van der Waals surface area contributed by atoms with E-state index in [0.717, 1.165) is 17.9 Å². The van der Waals surface area contributed by atoms with Crippen LogP contribution in [0.5, 0.6) is 11.5 Å². The molecule has 0 bridgehead atoms. The summed E-state index contributed by atoms with van der Waals surface area (Å²) in [4.78, 5) is 11.4. The first-order valence-electron chi connectivity index (χ1n) is 6.47. The van der Waals surface area contributed by atoms with Gasteiger partial charge in [-0.15, -0.1) is 0 Å². The Morgan fingerprint density at radius 1 is 1.26 bits per heavy atom. The lowest BCUT2D eigenvalue weighted by Crippen LogP contribution is -2.41. The average molecular weight is 266 g/mol. The normalized spacial score (nSPS) is 11.5. The van der Waals surface area contributed by atoms with Gasteiger partial charge < -0.3 is 20.1 Å². The highest BCUT2D eigenvalue weighted by Gasteiger charge is 2.03. The molecule has 2 N–H and O–H groups in total. The van der Waals surface area contributed by atoms with E-state index in [9.17, 15) is 4.79 Å². The Hall–Kier alpha value is -1.91. The van der Waals surface area contributed by atoms with Gasteiger partial charge in [-0.3, -0.25) is 0 Å². The molecule has 0 saturated carbocycles. The number of amides is 2. The van der Waals surface area contributed by atoms with Gasteiger partial charge in [0.05, 0.1) is 13.7 Å². The van der Waals surface area contributed by atoms with E-state index in [2.05, 4.69) is 10.6 Å². The fourth-order valence-electron chi connectivity index (χ4n) is 1.38. The minimum Gasteiger partial charge on any atom is -0.497 e. The Kier molecular flexibility index (Phi) is 6.57. The molecule has 5 nitrogen and oxygen atoms in total. The molecule has 0 aromatic heterocycles. The maximum atomic E-state index is 11.4. The van der Waals surface area contributed by atoms with Crippen LogP contribution in [0.2, 0.25) is 0 Å². The predicted octanol–water partition coefficient (Wildman–Crippen LogP) is 2.17. The van der Waals surface area contributed by atoms with Crippen molar-refractivity contribution in [2.45, 2.75) is 26.3 Å². The highest BCUT2D eigenvalue weighted by molar-refractivity contribution is 5.74. The second-order valence-electron chi connectivity index (χ2n) is 4.23. The van der Waals surface area contributed by atoms with Crippen molar-refractivity contribution < 1.29 is 14.3 Å². The van der Waals surface area contributed by atoms with Gasteiger partial charge in [-0.2, -0.15) is 0 Å². The molecule has 0 saturated heterocycles. The van der Waals surface area contributed by atoms with Crippen LogP contribution in [-0.2, 0) is 0 Å². The minimum atomic E-state index is -0.160. The molecular formula is C14H22N2O3. The lowest BCUT2D eigenvalue weighted by molar-refractivity contribution is 0.233. The lowest BCUT2D eigenvalue weighted by Gasteiger charge is -2.13. The molecule has 0 radical (unpaired) electrons. The summed E-state index contributed by atoms with van der Waals surface area (Å²) in [5, 5.41) is 5.56. The molecule has 1 aromatic carbocycles. The van der Waals surface area contributed by atoms with E-state index in [4.69, 9.17) is 9.47 Å². The summed E-state index contributed by atoms with van der Waals surface area (Å²) >= 11 is 0. The third-order valence-corrected chi connectivity index (χ3v) is 2.71. The SMILES string of the molecule is CCC(C)NC(=O)NCCOc1ccc(OC)cc1. The van der Waals surface area contributed by atoms with E-state index >= 15 is 0 Å². The number of rotatable bonds is 7. The first-order valence-corrected chi connectivity index (χ1v) is 6.47. The van der Waals surface area contributed by atoms with Crippen molar-refractivity contribution in [3.8, 4) is 11.5 Å². The van der Waals surface area contributed by atoms with Crippen LogP contribution in [-0.4, -0.2) is 32.3 Å². The molecule has 0 heterocycles. The number of ether oxygens (including phenoxy) is 2. The first kappa shape index (κ1) is 15.1. The third kappa shape index (κ3) is 5.99. The van der Waals surface area contributed by atoms with Crippen molar-refractivity contribution in [1.82, 2.24) is 10.6 Å². The van der Waals surface area contributed by atoms with Gasteiger partial charge in [0.2, 0.25) is 0 Å². The van der Waals surface area contributed by atoms with Crippen molar-refractivity contribution in [2.75, 3.05) is 20.3 Å². The maximum Gasteiger partial charge on any atom is 0.315 e. The van der Waals surface area contributed by atoms with Gasteiger partial charge in [0.1, 0.15) is 18.1 Å². The molecule has 0 aliphatic heterocycles. The Bertz CT molecular complexity index is 379. The molecule has 1 aromatic rings. The molecule has 0 fully saturated rings. The van der Waals surface area contributed by atoms with E-state index < -0.39 is 0 Å². The molecule has 106 valence electrons. The third-order valence-electron chi connectivity index (χ3n) is 2.71. The van der Waals surface area contributed by atoms with Gasteiger partial charge in [0.15, 0.2) is 0 Å². The van der Waals surface area contributed by atoms with Gasteiger partial charge in [0.25, 0.3) is 0 Å². The van der Waals surface area contributed by atoms with Gasteiger partial charge in [-0.05, 0) is 37.6 Å². The fraction of sp³-hybridized carbons (Fsp3) is 0.500. The van der Waals surface area contributed by atoms with E-state index in [1.807, 2.05) is 38.1 Å². The number of carbonyl (C=O) groups is 1. The van der Waals surface area contributed by atoms with Crippen LogP contribution in [0.25, 0.3) is 0 Å². The summed E-state index contributed by atoms with van der Waals surface area (Å²) in [5.41, 5.74) is 0. The van der Waals surface area contributed by atoms with E-state index in [-0.39, 0.29) is 12.1 Å². The molecule has 0 aliphatic carbocycles. The summed E-state index contributed by atoms with van der Waals surface area (Å²) < 4.78 is 10.5.